The van der Waals surface area contributed by atoms with Gasteiger partial charge in [-0.25, -0.2) is 0 Å². The topological polar surface area (TPSA) is 20.2 Å². The van der Waals surface area contributed by atoms with Crippen molar-refractivity contribution in [1.29, 1.82) is 0 Å². The fraction of sp³-hybridized carbons (Fsp3) is 0. The van der Waals surface area contributed by atoms with Crippen LogP contribution in [0.1, 0.15) is 0 Å². The van der Waals surface area contributed by atoms with Crippen LogP contribution in [0.2, 0.25) is 5.02 Å². The summed E-state index contributed by atoms with van der Waals surface area (Å²) in [5.41, 5.74) is 0.746. The third-order valence-electron chi connectivity index (χ3n) is 1.83. The first-order valence-corrected chi connectivity index (χ1v) is 6.12. The molecule has 0 radical (unpaired) electrons. The van der Waals surface area contributed by atoms with Crippen LogP contribution in [-0.4, -0.2) is 19.6 Å². The molecule has 0 saturated heterocycles. The summed E-state index contributed by atoms with van der Waals surface area (Å²) in [6.45, 7) is 0. The van der Waals surface area contributed by atoms with E-state index in [4.69, 9.17) is 16.7 Å². The van der Waals surface area contributed by atoms with Crippen LogP contribution in [0.25, 0.3) is 10.0 Å². The quantitative estimate of drug-likeness (QED) is 0.794. The van der Waals surface area contributed by atoms with Gasteiger partial charge in [-0.15, -0.1) is 0 Å². The van der Waals surface area contributed by atoms with E-state index in [2.05, 4.69) is 0 Å². The maximum absolute atomic E-state index is 13.0. The molecule has 14 heavy (non-hydrogen) atoms. The first kappa shape index (κ1) is 9.78. The third kappa shape index (κ3) is 1.71. The Morgan fingerprint density at radius 2 is 2.07 bits per heavy atom. The van der Waals surface area contributed by atoms with E-state index in [1.165, 1.54) is 12.1 Å². The van der Waals surface area contributed by atoms with Gasteiger partial charge in [-0.3, -0.25) is 0 Å². The number of benzene rings is 1. The molecule has 1 N–H and O–H groups in total. The van der Waals surface area contributed by atoms with Crippen LogP contribution >= 0.6 is 11.6 Å². The van der Waals surface area contributed by atoms with Gasteiger partial charge in [0.1, 0.15) is 0 Å². The van der Waals surface area contributed by atoms with E-state index in [0.29, 0.717) is 5.02 Å². The molecule has 0 saturated carbocycles. The second kappa shape index (κ2) is 3.77. The van der Waals surface area contributed by atoms with Crippen molar-refractivity contribution in [3.63, 3.8) is 0 Å². The molecule has 0 atom stereocenters. The molecule has 0 aliphatic heterocycles. The molecule has 0 unspecified atom stereocenters. The van der Waals surface area contributed by atoms with Crippen LogP contribution in [0.15, 0.2) is 29.2 Å². The van der Waals surface area contributed by atoms with Gasteiger partial charge in [-0.2, -0.15) is 0 Å². The third-order valence-corrected chi connectivity index (χ3v) is 4.42. The van der Waals surface area contributed by atoms with Crippen LogP contribution < -0.4 is 0 Å². The summed E-state index contributed by atoms with van der Waals surface area (Å²) in [5, 5.41) is 9.68. The van der Waals surface area contributed by atoms with Gasteiger partial charge in [0.15, 0.2) is 0 Å². The zero-order chi connectivity index (χ0) is 10.1. The van der Waals surface area contributed by atoms with E-state index in [1.807, 2.05) is 11.0 Å². The summed E-state index contributed by atoms with van der Waals surface area (Å²) in [6.07, 6.45) is 0. The number of hydrogen-bond acceptors (Lipinski definition) is 1. The van der Waals surface area contributed by atoms with E-state index < -0.39 is 5.82 Å². The Morgan fingerprint density at radius 1 is 1.29 bits per heavy atom. The molecular formula is C10H6ClFOSe. The summed E-state index contributed by atoms with van der Waals surface area (Å²) in [4.78, 5) is 1.98. The molecule has 0 spiro atoms. The van der Waals surface area contributed by atoms with E-state index in [1.54, 1.807) is 6.07 Å². The van der Waals surface area contributed by atoms with Crippen LogP contribution in [0.5, 0.6) is 5.75 Å². The standard InChI is InChI=1S/C10H6ClFOSe/c11-7-3-4-14-10(7)6-1-2-9(13)8(12)5-6/h1-5,13H. The van der Waals surface area contributed by atoms with Gasteiger partial charge in [0.2, 0.25) is 0 Å². The van der Waals surface area contributed by atoms with Crippen molar-refractivity contribution in [2.24, 2.45) is 0 Å². The van der Waals surface area contributed by atoms with E-state index in [-0.39, 0.29) is 20.3 Å². The molecule has 72 valence electrons. The Labute approximate surface area is 91.5 Å². The Bertz CT molecular complexity index is 467. The minimum absolute atomic E-state index is 0.167. The monoisotopic (exact) mass is 276 g/mol. The predicted octanol–water partition coefficient (Wildman–Crippen LogP) is 2.91. The SMILES string of the molecule is Oc1ccc(-c2[se]ccc2Cl)cc1F. The first-order chi connectivity index (χ1) is 6.68. The number of phenols is 1. The zero-order valence-electron chi connectivity index (χ0n) is 7.00. The Hall–Kier alpha value is -0.761. The maximum atomic E-state index is 13.0. The van der Waals surface area contributed by atoms with Gasteiger partial charge in [0.25, 0.3) is 0 Å². The van der Waals surface area contributed by atoms with Crippen molar-refractivity contribution >= 4 is 26.1 Å². The Balaban J connectivity index is 2.53. The van der Waals surface area contributed by atoms with Crippen LogP contribution in [-0.2, 0) is 0 Å². The second-order valence-corrected chi connectivity index (χ2v) is 5.09. The van der Waals surface area contributed by atoms with Crippen molar-refractivity contribution in [2.75, 3.05) is 0 Å². The van der Waals surface area contributed by atoms with E-state index in [9.17, 15) is 4.39 Å². The van der Waals surface area contributed by atoms with Crippen molar-refractivity contribution < 1.29 is 9.50 Å². The van der Waals surface area contributed by atoms with Gasteiger partial charge < -0.3 is 0 Å². The molecule has 1 heterocycles. The summed E-state index contributed by atoms with van der Waals surface area (Å²) in [7, 11) is 0. The van der Waals surface area contributed by atoms with Gasteiger partial charge >= 0.3 is 91.4 Å². The molecule has 1 aromatic heterocycles. The Morgan fingerprint density at radius 3 is 2.64 bits per heavy atom. The van der Waals surface area contributed by atoms with E-state index in [0.717, 1.165) is 10.0 Å². The average Bonchev–Trinajstić information content (AvgIpc) is 2.57. The van der Waals surface area contributed by atoms with Crippen molar-refractivity contribution in [3.8, 4) is 15.8 Å². The molecule has 2 rings (SSSR count). The van der Waals surface area contributed by atoms with Gasteiger partial charge in [-0.05, 0) is 0 Å². The number of aromatic hydroxyl groups is 1. The molecule has 0 bridgehead atoms. The molecule has 1 aromatic carbocycles. The summed E-state index contributed by atoms with van der Waals surface area (Å²) < 4.78 is 14.0. The molecule has 0 aliphatic rings. The van der Waals surface area contributed by atoms with Gasteiger partial charge in [0, 0.05) is 0 Å². The molecule has 0 fully saturated rings. The first-order valence-electron chi connectivity index (χ1n) is 3.90. The van der Waals surface area contributed by atoms with Gasteiger partial charge in [-0.1, -0.05) is 0 Å². The molecule has 4 heteroatoms. The molecule has 1 nitrogen and oxygen atoms in total. The molecule has 0 aliphatic carbocycles. The normalized spacial score (nSPS) is 10.4. The Kier molecular flexibility index (Phi) is 2.64. The number of phenolic OH excluding ortho intramolecular Hbond substituents is 1. The van der Waals surface area contributed by atoms with Crippen LogP contribution in [0, 0.1) is 5.82 Å². The fourth-order valence-electron chi connectivity index (χ4n) is 1.15. The number of hydrogen-bond donors (Lipinski definition) is 1. The van der Waals surface area contributed by atoms with E-state index >= 15 is 0 Å². The zero-order valence-corrected chi connectivity index (χ0v) is 9.47. The number of halogens is 2. The summed E-state index contributed by atoms with van der Waals surface area (Å²) in [6, 6.07) is 6.14. The van der Waals surface area contributed by atoms with Crippen molar-refractivity contribution in [1.82, 2.24) is 0 Å². The number of rotatable bonds is 1. The minimum atomic E-state index is -0.609. The second-order valence-electron chi connectivity index (χ2n) is 2.76. The van der Waals surface area contributed by atoms with Gasteiger partial charge in [0.05, 0.1) is 0 Å². The predicted molar refractivity (Wildman–Crippen MR) is 55.5 cm³/mol. The van der Waals surface area contributed by atoms with Crippen LogP contribution in [0.4, 0.5) is 4.39 Å². The molecular weight excluding hydrogens is 270 g/mol. The average molecular weight is 276 g/mol. The summed E-state index contributed by atoms with van der Waals surface area (Å²) >= 11 is 6.10. The van der Waals surface area contributed by atoms with Crippen molar-refractivity contribution in [2.45, 2.75) is 0 Å². The fourth-order valence-corrected chi connectivity index (χ4v) is 3.37. The molecule has 2 aromatic rings. The molecule has 0 amide bonds. The van der Waals surface area contributed by atoms with Crippen LogP contribution in [0.3, 0.4) is 0 Å². The summed E-state index contributed by atoms with van der Waals surface area (Å²) in [5.74, 6) is -0.939. The van der Waals surface area contributed by atoms with Crippen molar-refractivity contribution in [3.05, 3.63) is 40.0 Å².